The van der Waals surface area contributed by atoms with Gasteiger partial charge in [-0.05, 0) is 46.9 Å². The molecule has 2 saturated heterocycles. The van der Waals surface area contributed by atoms with E-state index >= 15 is 8.78 Å². The van der Waals surface area contributed by atoms with Crippen LogP contribution in [0.25, 0.3) is 20.9 Å². The first-order valence-corrected chi connectivity index (χ1v) is 29.6. The van der Waals surface area contributed by atoms with E-state index in [4.69, 9.17) is 28.4 Å². The minimum atomic E-state index is -2.04. The average Bonchev–Trinajstić information content (AvgIpc) is 4.26. The zero-order valence-corrected chi connectivity index (χ0v) is 50.5. The van der Waals surface area contributed by atoms with E-state index in [1.807, 2.05) is 62.4 Å². The monoisotopic (exact) mass is 1210 g/mol. The van der Waals surface area contributed by atoms with Crippen LogP contribution in [0.1, 0.15) is 64.1 Å². The van der Waals surface area contributed by atoms with E-state index in [1.165, 1.54) is 22.7 Å². The van der Waals surface area contributed by atoms with Crippen LogP contribution in [0, 0.1) is 24.7 Å². The minimum absolute atomic E-state index is 0.0594. The zero-order chi connectivity index (χ0) is 61.1. The standard InChI is InChI=1S/C58H80F2N8O14S2/c1-35-49(83-33-63-35)39-13-9-37(10-14-39)27-61-53(73)47-45(59)41(69)29-67(47)55(75)51(57(3,4)5)65-43(71)31-81-25-23-79-21-19-77-17-18-78-20-22-80-24-26-82-32-44(72)66-52(58(6,7)8)56(76)68-30-42(70)46(60)48(68)54(74)62-28-38-11-15-40(16-12-38)50-36(2)64-34-84-50/h9-16,33-34,41-42,45-48,51-52,69-70H,17-32H2,1-8H3,(H,61,73)(H,62,74)(H,65,71)(H,66,72)/t41-,42-,45-,46-,47-,48-,51?,52?/m0/s1. The van der Waals surface area contributed by atoms with Crippen molar-refractivity contribution in [1.82, 2.24) is 41.0 Å². The number of hydrogen-bond acceptors (Lipinski definition) is 18. The molecule has 2 aromatic carbocycles. The highest BCUT2D eigenvalue weighted by Gasteiger charge is 2.52. The van der Waals surface area contributed by atoms with Gasteiger partial charge in [-0.1, -0.05) is 90.1 Å². The molecule has 0 bridgehead atoms. The number of nitrogens with one attached hydrogen (secondary N) is 4. The van der Waals surface area contributed by atoms with Crippen molar-refractivity contribution in [3.63, 3.8) is 0 Å². The van der Waals surface area contributed by atoms with Gasteiger partial charge in [-0.2, -0.15) is 0 Å². The number of benzene rings is 2. The maximum absolute atomic E-state index is 15.4. The Labute approximate surface area is 496 Å². The Bertz CT molecular complexity index is 2590. The molecule has 0 aliphatic carbocycles. The van der Waals surface area contributed by atoms with E-state index in [2.05, 4.69) is 31.2 Å². The summed E-state index contributed by atoms with van der Waals surface area (Å²) in [5.41, 5.74) is 7.07. The fourth-order valence-electron chi connectivity index (χ4n) is 9.28. The van der Waals surface area contributed by atoms with E-state index in [1.54, 1.807) is 52.6 Å². The van der Waals surface area contributed by atoms with Crippen LogP contribution in [0.4, 0.5) is 8.78 Å². The highest BCUT2D eigenvalue weighted by Crippen LogP contribution is 2.32. The number of carbonyl (C=O) groups excluding carboxylic acids is 6. The Morgan fingerprint density at radius 2 is 0.857 bits per heavy atom. The van der Waals surface area contributed by atoms with Crippen molar-refractivity contribution in [1.29, 1.82) is 0 Å². The summed E-state index contributed by atoms with van der Waals surface area (Å²) >= 11 is 3.03. The van der Waals surface area contributed by atoms with Gasteiger partial charge in [0.25, 0.3) is 0 Å². The molecule has 6 N–H and O–H groups in total. The second-order valence-electron chi connectivity index (χ2n) is 22.5. The van der Waals surface area contributed by atoms with Gasteiger partial charge in [-0.25, -0.2) is 18.7 Å². The van der Waals surface area contributed by atoms with Crippen LogP contribution in [0.2, 0.25) is 0 Å². The number of alkyl halides is 2. The molecule has 0 saturated carbocycles. The third-order valence-electron chi connectivity index (χ3n) is 13.9. The fraction of sp³-hybridized carbons (Fsp3) is 0.586. The number of ether oxygens (including phenoxy) is 6. The summed E-state index contributed by atoms with van der Waals surface area (Å²) in [5, 5.41) is 31.6. The molecule has 2 aliphatic rings. The lowest BCUT2D eigenvalue weighted by atomic mass is 9.85. The number of aliphatic hydroxyl groups excluding tert-OH is 2. The van der Waals surface area contributed by atoms with Crippen molar-refractivity contribution in [2.45, 2.75) is 117 Å². The first kappa shape index (κ1) is 67.2. The van der Waals surface area contributed by atoms with Crippen molar-refractivity contribution < 1.29 is 76.2 Å². The lowest BCUT2D eigenvalue weighted by Crippen LogP contribution is -2.59. The highest BCUT2D eigenvalue weighted by atomic mass is 32.1. The number of aromatic nitrogens is 2. The molecule has 8 atom stereocenters. The maximum Gasteiger partial charge on any atom is 0.246 e. The molecule has 4 aromatic rings. The first-order valence-electron chi connectivity index (χ1n) is 27.8. The van der Waals surface area contributed by atoms with Crippen LogP contribution >= 0.6 is 22.7 Å². The number of nitrogens with zero attached hydrogens (tertiary/aromatic N) is 4. The topological polar surface area (TPSA) is 279 Å². The van der Waals surface area contributed by atoms with Gasteiger partial charge in [0.15, 0.2) is 12.3 Å². The van der Waals surface area contributed by atoms with Gasteiger partial charge in [-0.15, -0.1) is 22.7 Å². The number of carbonyl (C=O) groups is 6. The number of rotatable bonds is 31. The smallest absolute Gasteiger partial charge is 0.246 e. The normalized spacial score (nSPS) is 19.7. The van der Waals surface area contributed by atoms with E-state index in [0.717, 1.165) is 53.2 Å². The Morgan fingerprint density at radius 3 is 1.14 bits per heavy atom. The largest absolute Gasteiger partial charge is 0.388 e. The van der Waals surface area contributed by atoms with Crippen LogP contribution < -0.4 is 21.3 Å². The summed E-state index contributed by atoms with van der Waals surface area (Å²) < 4.78 is 63.8. The van der Waals surface area contributed by atoms with E-state index in [9.17, 15) is 39.0 Å². The molecule has 2 unspecified atom stereocenters. The van der Waals surface area contributed by atoms with Gasteiger partial charge in [0.2, 0.25) is 35.4 Å². The quantitative estimate of drug-likeness (QED) is 0.0394. The number of aryl methyl sites for hydroxylation is 2. The van der Waals surface area contributed by atoms with Gasteiger partial charge >= 0.3 is 0 Å². The van der Waals surface area contributed by atoms with Gasteiger partial charge in [0.1, 0.15) is 49.6 Å². The van der Waals surface area contributed by atoms with Crippen molar-refractivity contribution in [3.05, 3.63) is 82.1 Å². The SMILES string of the molecule is Cc1ncsc1-c1ccc(CNC(=O)[C@@H]2[C@@H](F)[C@@H](O)CN2C(=O)C(NC(=O)COCCOCCOCCOCCOCCOCC(=O)NC(C(=O)N2C[C@H](O)[C@H](F)[C@H]2C(=O)NCc2ccc(-c3scnc3C)cc2)C(C)(C)C)C(C)(C)C)cc1. The summed E-state index contributed by atoms with van der Waals surface area (Å²) in [4.78, 5) is 93.2. The van der Waals surface area contributed by atoms with Crippen LogP contribution in [0.15, 0.2) is 59.6 Å². The van der Waals surface area contributed by atoms with Crippen molar-refractivity contribution in [3.8, 4) is 20.9 Å². The predicted octanol–water partition coefficient (Wildman–Crippen LogP) is 3.46. The lowest BCUT2D eigenvalue weighted by Gasteiger charge is -2.35. The number of β-amino-alcohol motifs (C(OH)–C–C–N with tert-alkyl or cyclic N) is 2. The minimum Gasteiger partial charge on any atom is -0.388 e. The molecular weight excluding hydrogens is 1130 g/mol. The predicted molar refractivity (Wildman–Crippen MR) is 309 cm³/mol. The second-order valence-corrected chi connectivity index (χ2v) is 24.3. The number of halogens is 2. The van der Waals surface area contributed by atoms with E-state index in [-0.39, 0.29) is 79.2 Å². The Morgan fingerprint density at radius 1 is 0.548 bits per heavy atom. The maximum atomic E-state index is 15.4. The molecule has 0 spiro atoms. The Hall–Kier alpha value is -5.94. The third-order valence-corrected chi connectivity index (χ3v) is 15.9. The highest BCUT2D eigenvalue weighted by molar-refractivity contribution is 7.13. The molecule has 6 amide bonds. The van der Waals surface area contributed by atoms with Gasteiger partial charge < -0.3 is 69.7 Å². The van der Waals surface area contributed by atoms with Crippen molar-refractivity contribution in [2.75, 3.05) is 92.4 Å². The molecule has 2 aromatic heterocycles. The van der Waals surface area contributed by atoms with Crippen LogP contribution in [-0.4, -0.2) is 207 Å². The summed E-state index contributed by atoms with van der Waals surface area (Å²) in [7, 11) is 0. The molecule has 6 rings (SSSR count). The second kappa shape index (κ2) is 32.0. The number of hydrogen-bond donors (Lipinski definition) is 6. The molecule has 2 aliphatic heterocycles. The van der Waals surface area contributed by atoms with Crippen molar-refractivity contribution in [2.24, 2.45) is 10.8 Å². The molecule has 26 heteroatoms. The fourth-order valence-corrected chi connectivity index (χ4v) is 10.9. The van der Waals surface area contributed by atoms with Crippen LogP contribution in [-0.2, 0) is 70.3 Å². The number of likely N-dealkylation sites (tertiary alicyclic amines) is 2. The molecule has 4 heterocycles. The Kier molecular flexibility index (Phi) is 25.6. The molecular formula is C58H80F2N8O14S2. The van der Waals surface area contributed by atoms with Crippen LogP contribution in [0.3, 0.4) is 0 Å². The summed E-state index contributed by atoms with van der Waals surface area (Å²) in [6.07, 6.45) is -7.27. The molecule has 462 valence electrons. The Balaban J connectivity index is 0.778. The van der Waals surface area contributed by atoms with E-state index in [0.29, 0.717) is 0 Å². The molecule has 2 fully saturated rings. The number of aliphatic hydroxyl groups is 2. The number of thiazole rings is 2. The van der Waals surface area contributed by atoms with Gasteiger partial charge in [-0.3, -0.25) is 28.8 Å². The summed E-state index contributed by atoms with van der Waals surface area (Å²) in [6, 6.07) is 9.39. The third kappa shape index (κ3) is 19.3. The molecule has 22 nitrogen and oxygen atoms in total. The van der Waals surface area contributed by atoms with Crippen molar-refractivity contribution >= 4 is 58.1 Å². The van der Waals surface area contributed by atoms with E-state index < -0.39 is 121 Å². The number of amides is 6. The average molecular weight is 1220 g/mol. The summed E-state index contributed by atoms with van der Waals surface area (Å²) in [5.74, 6) is -4.19. The summed E-state index contributed by atoms with van der Waals surface area (Å²) in [6.45, 7) is 14.6. The van der Waals surface area contributed by atoms with Gasteiger partial charge in [0.05, 0.1) is 111 Å². The molecule has 84 heavy (non-hydrogen) atoms. The molecule has 0 radical (unpaired) electrons. The first-order chi connectivity index (χ1) is 40.0. The lowest BCUT2D eigenvalue weighted by molar-refractivity contribution is -0.145. The zero-order valence-electron chi connectivity index (χ0n) is 48.9. The van der Waals surface area contributed by atoms with Gasteiger partial charge in [0, 0.05) is 13.1 Å². The van der Waals surface area contributed by atoms with Crippen LogP contribution in [0.5, 0.6) is 0 Å².